The van der Waals surface area contributed by atoms with Gasteiger partial charge in [0.15, 0.2) is 0 Å². The van der Waals surface area contributed by atoms with Crippen molar-refractivity contribution in [3.05, 3.63) is 109 Å². The van der Waals surface area contributed by atoms with Crippen LogP contribution in [0.15, 0.2) is 97.3 Å². The van der Waals surface area contributed by atoms with Crippen molar-refractivity contribution in [2.75, 3.05) is 0 Å². The monoisotopic (exact) mass is 426 g/mol. The Balaban J connectivity index is 1.76. The zero-order valence-electron chi connectivity index (χ0n) is 18.5. The van der Waals surface area contributed by atoms with E-state index >= 15 is 0 Å². The highest BCUT2D eigenvalue weighted by atomic mass is 15.4. The second-order valence-electron chi connectivity index (χ2n) is 8.21. The molecule has 0 saturated carbocycles. The van der Waals surface area contributed by atoms with Crippen LogP contribution in [0, 0.1) is 13.8 Å². The van der Waals surface area contributed by atoms with E-state index in [0.29, 0.717) is 5.95 Å². The average molecular weight is 427 g/mol. The second kappa shape index (κ2) is 7.68. The van der Waals surface area contributed by atoms with Crippen molar-refractivity contribution in [2.45, 2.75) is 13.8 Å². The molecular weight excluding hydrogens is 404 g/mol. The number of rotatable bonds is 3. The minimum absolute atomic E-state index is 0.582. The quantitative estimate of drug-likeness (QED) is 0.289. The molecule has 0 saturated heterocycles. The Kier molecular flexibility index (Phi) is 4.51. The van der Waals surface area contributed by atoms with E-state index in [1.54, 1.807) is 12.4 Å². The van der Waals surface area contributed by atoms with Gasteiger partial charge in [-0.15, -0.1) is 0 Å². The largest absolute Gasteiger partial charge is 0.250 e. The molecule has 33 heavy (non-hydrogen) atoms. The number of fused-ring (bicyclic) bond motifs is 2. The molecule has 0 N–H and O–H groups in total. The molecule has 4 nitrogen and oxygen atoms in total. The topological polar surface area (TPSA) is 43.6 Å². The van der Waals surface area contributed by atoms with Crippen molar-refractivity contribution < 1.29 is 0 Å². The SMILES string of the molecule is Cc1nn(-c2ncccn2)c(C)c1-c1c2ccccc2c(-c2ccccc2)c2ccccc12. The van der Waals surface area contributed by atoms with E-state index in [9.17, 15) is 0 Å². The van der Waals surface area contributed by atoms with Gasteiger partial charge in [-0.1, -0.05) is 78.9 Å². The third-order valence-corrected chi connectivity index (χ3v) is 6.28. The van der Waals surface area contributed by atoms with Crippen molar-refractivity contribution in [1.82, 2.24) is 19.7 Å². The number of benzene rings is 4. The highest BCUT2D eigenvalue weighted by molar-refractivity contribution is 6.21. The predicted molar refractivity (Wildman–Crippen MR) is 135 cm³/mol. The first-order valence-corrected chi connectivity index (χ1v) is 11.1. The summed E-state index contributed by atoms with van der Waals surface area (Å²) in [7, 11) is 0. The van der Waals surface area contributed by atoms with Gasteiger partial charge in [0.2, 0.25) is 0 Å². The summed E-state index contributed by atoms with van der Waals surface area (Å²) in [5, 5.41) is 9.75. The van der Waals surface area contributed by atoms with Crippen LogP contribution in [-0.4, -0.2) is 19.7 Å². The van der Waals surface area contributed by atoms with Gasteiger partial charge >= 0.3 is 0 Å². The summed E-state index contributed by atoms with van der Waals surface area (Å²) in [6, 6.07) is 29.8. The molecule has 2 aromatic heterocycles. The fourth-order valence-corrected chi connectivity index (χ4v) is 4.91. The van der Waals surface area contributed by atoms with E-state index in [-0.39, 0.29) is 0 Å². The van der Waals surface area contributed by atoms with Crippen LogP contribution in [0.25, 0.3) is 49.7 Å². The van der Waals surface area contributed by atoms with E-state index in [1.807, 2.05) is 10.7 Å². The van der Waals surface area contributed by atoms with Crippen LogP contribution in [0.2, 0.25) is 0 Å². The third-order valence-electron chi connectivity index (χ3n) is 6.28. The summed E-state index contributed by atoms with van der Waals surface area (Å²) in [6.45, 7) is 4.16. The van der Waals surface area contributed by atoms with Crippen molar-refractivity contribution in [1.29, 1.82) is 0 Å². The Morgan fingerprint density at radius 1 is 0.545 bits per heavy atom. The fourth-order valence-electron chi connectivity index (χ4n) is 4.91. The maximum absolute atomic E-state index is 4.84. The molecule has 6 rings (SSSR count). The molecule has 0 atom stereocenters. The van der Waals surface area contributed by atoms with Crippen LogP contribution in [-0.2, 0) is 0 Å². The van der Waals surface area contributed by atoms with E-state index < -0.39 is 0 Å². The molecule has 6 aromatic rings. The molecule has 0 spiro atoms. The molecule has 0 fully saturated rings. The first-order chi connectivity index (χ1) is 16.2. The van der Waals surface area contributed by atoms with Crippen molar-refractivity contribution in [3.8, 4) is 28.2 Å². The molecule has 158 valence electrons. The molecule has 4 heteroatoms. The summed E-state index contributed by atoms with van der Waals surface area (Å²) < 4.78 is 1.85. The van der Waals surface area contributed by atoms with Gasteiger partial charge in [0.05, 0.1) is 11.4 Å². The lowest BCUT2D eigenvalue weighted by Crippen LogP contribution is -2.04. The van der Waals surface area contributed by atoms with E-state index in [0.717, 1.165) is 17.0 Å². The predicted octanol–water partition coefficient (Wildman–Crippen LogP) is 6.92. The first kappa shape index (κ1) is 19.4. The third kappa shape index (κ3) is 3.03. The summed E-state index contributed by atoms with van der Waals surface area (Å²) in [6.07, 6.45) is 3.50. The minimum Gasteiger partial charge on any atom is -0.220 e. The van der Waals surface area contributed by atoms with E-state index in [4.69, 9.17) is 5.10 Å². The Hall–Kier alpha value is -4.31. The molecule has 0 aliphatic rings. The average Bonchev–Trinajstić information content (AvgIpc) is 3.17. The number of hydrogen-bond donors (Lipinski definition) is 0. The van der Waals surface area contributed by atoms with Gasteiger partial charge in [0, 0.05) is 23.5 Å². The summed E-state index contributed by atoms with van der Waals surface area (Å²) in [4.78, 5) is 8.85. The number of nitrogens with zero attached hydrogens (tertiary/aromatic N) is 4. The lowest BCUT2D eigenvalue weighted by molar-refractivity contribution is 0.774. The summed E-state index contributed by atoms with van der Waals surface area (Å²) >= 11 is 0. The summed E-state index contributed by atoms with van der Waals surface area (Å²) in [5.74, 6) is 0.582. The van der Waals surface area contributed by atoms with Crippen LogP contribution in [0.4, 0.5) is 0 Å². The smallest absolute Gasteiger partial charge is 0.220 e. The molecule has 4 aromatic carbocycles. The molecule has 0 unspecified atom stereocenters. The maximum Gasteiger partial charge on any atom is 0.250 e. The molecule has 0 aliphatic heterocycles. The van der Waals surface area contributed by atoms with Crippen LogP contribution in [0.1, 0.15) is 11.4 Å². The standard InChI is InChI=1S/C29H22N4/c1-19-26(20(2)33(32-19)29-30-17-10-18-31-29)28-24-15-8-6-13-22(24)27(21-11-4-3-5-12-21)23-14-7-9-16-25(23)28/h3-18H,1-2H3. The van der Waals surface area contributed by atoms with Gasteiger partial charge in [-0.3, -0.25) is 0 Å². The molecule has 0 bridgehead atoms. The maximum atomic E-state index is 4.84. The zero-order valence-corrected chi connectivity index (χ0v) is 18.5. The second-order valence-corrected chi connectivity index (χ2v) is 8.21. The van der Waals surface area contributed by atoms with Gasteiger partial charge in [-0.25, -0.2) is 14.6 Å². The van der Waals surface area contributed by atoms with Gasteiger partial charge < -0.3 is 0 Å². The molecule has 0 radical (unpaired) electrons. The Labute approximate surface area is 192 Å². The van der Waals surface area contributed by atoms with Crippen LogP contribution in [0.5, 0.6) is 0 Å². The summed E-state index contributed by atoms with van der Waals surface area (Å²) in [5.41, 5.74) is 6.81. The molecule has 0 amide bonds. The molecule has 0 aliphatic carbocycles. The Morgan fingerprint density at radius 2 is 1.06 bits per heavy atom. The van der Waals surface area contributed by atoms with Gasteiger partial charge in [0.25, 0.3) is 5.95 Å². The highest BCUT2D eigenvalue weighted by Crippen LogP contribution is 2.45. The zero-order chi connectivity index (χ0) is 22.4. The highest BCUT2D eigenvalue weighted by Gasteiger charge is 2.22. The van der Waals surface area contributed by atoms with Crippen LogP contribution < -0.4 is 0 Å². The Morgan fingerprint density at radius 3 is 1.64 bits per heavy atom. The number of hydrogen-bond acceptors (Lipinski definition) is 3. The Bertz CT molecular complexity index is 1560. The van der Waals surface area contributed by atoms with E-state index in [1.165, 1.54) is 38.2 Å². The number of aryl methyl sites for hydroxylation is 1. The van der Waals surface area contributed by atoms with Crippen LogP contribution >= 0.6 is 0 Å². The first-order valence-electron chi connectivity index (χ1n) is 11.1. The van der Waals surface area contributed by atoms with Crippen LogP contribution in [0.3, 0.4) is 0 Å². The lowest BCUT2D eigenvalue weighted by atomic mass is 9.85. The minimum atomic E-state index is 0.582. The normalized spacial score (nSPS) is 11.3. The van der Waals surface area contributed by atoms with Crippen molar-refractivity contribution >= 4 is 21.5 Å². The lowest BCUT2D eigenvalue weighted by Gasteiger charge is -2.17. The van der Waals surface area contributed by atoms with Gasteiger partial charge in [0.1, 0.15) is 0 Å². The van der Waals surface area contributed by atoms with Gasteiger partial charge in [-0.05, 0) is 52.6 Å². The number of aromatic nitrogens is 4. The molecular formula is C29H22N4. The fraction of sp³-hybridized carbons (Fsp3) is 0.0690. The molecule has 2 heterocycles. The van der Waals surface area contributed by atoms with Crippen molar-refractivity contribution in [2.24, 2.45) is 0 Å². The van der Waals surface area contributed by atoms with E-state index in [2.05, 4.69) is 103 Å². The van der Waals surface area contributed by atoms with Gasteiger partial charge in [-0.2, -0.15) is 5.10 Å². The van der Waals surface area contributed by atoms with Crippen molar-refractivity contribution in [3.63, 3.8) is 0 Å².